The zero-order chi connectivity index (χ0) is 30.9. The number of benzene rings is 4. The summed E-state index contributed by atoms with van der Waals surface area (Å²) in [5.41, 5.74) is 11.1. The van der Waals surface area contributed by atoms with Crippen LogP contribution in [0.3, 0.4) is 0 Å². The van der Waals surface area contributed by atoms with Crippen LogP contribution in [0.4, 0.5) is 5.69 Å². The van der Waals surface area contributed by atoms with Crippen molar-refractivity contribution >= 4 is 22.5 Å². The van der Waals surface area contributed by atoms with Gasteiger partial charge >= 0.3 is 0 Å². The van der Waals surface area contributed by atoms with Gasteiger partial charge in [-0.1, -0.05) is 54.6 Å². The van der Waals surface area contributed by atoms with Crippen molar-refractivity contribution in [2.45, 2.75) is 32.4 Å². The van der Waals surface area contributed by atoms with Gasteiger partial charge in [0.2, 0.25) is 5.91 Å². The normalized spacial score (nSPS) is 11.5. The molecule has 0 aliphatic carbocycles. The fraction of sp³-hybridized carbons (Fsp3) is 0.222. The van der Waals surface area contributed by atoms with Crippen molar-refractivity contribution in [3.05, 3.63) is 119 Å². The number of nitriles is 1. The monoisotopic (exact) mass is 588 g/mol. The van der Waals surface area contributed by atoms with E-state index >= 15 is 0 Å². The zero-order valence-electron chi connectivity index (χ0n) is 25.0. The van der Waals surface area contributed by atoms with Gasteiger partial charge in [-0.05, 0) is 55.0 Å². The molecule has 224 valence electrons. The molecular formula is C36H36N4O4. The summed E-state index contributed by atoms with van der Waals surface area (Å²) in [5.74, 6) is 1.81. The Balaban J connectivity index is 1.24. The van der Waals surface area contributed by atoms with E-state index in [0.717, 1.165) is 50.5 Å². The Morgan fingerprint density at radius 1 is 0.932 bits per heavy atom. The summed E-state index contributed by atoms with van der Waals surface area (Å²) in [6.07, 6.45) is 0.807. The first-order valence-electron chi connectivity index (χ1n) is 14.6. The van der Waals surface area contributed by atoms with E-state index in [0.29, 0.717) is 31.9 Å². The van der Waals surface area contributed by atoms with Crippen molar-refractivity contribution in [3.63, 3.8) is 0 Å². The molecule has 0 aliphatic rings. The quantitative estimate of drug-likeness (QED) is 0.142. The number of aromatic nitrogens is 1. The molecule has 0 saturated carbocycles. The van der Waals surface area contributed by atoms with E-state index in [9.17, 15) is 10.1 Å². The molecule has 1 atom stereocenters. The first kappa shape index (κ1) is 30.1. The minimum absolute atomic E-state index is 0.154. The molecule has 0 spiro atoms. The number of fused-ring (bicyclic) bond motifs is 1. The van der Waals surface area contributed by atoms with Crippen LogP contribution in [0.2, 0.25) is 0 Å². The fourth-order valence-electron chi connectivity index (χ4n) is 5.36. The standard InChI is InChI=1S/C36H36N4O4/c1-25-30(22-36(38)41)31-21-28(42-2)17-18-33(31)40(25)24-26-11-6-8-15-34(26)43-19-10-20-44-35-16-9-7-14-29(35)32(23-37)39-27-12-4-3-5-13-27/h3-9,11-18,21,32,39H,10,19-20,22,24H2,1-2H3,(H2,38,41). The number of hydrogen-bond acceptors (Lipinski definition) is 6. The molecule has 8 nitrogen and oxygen atoms in total. The number of nitrogens with two attached hydrogens (primary N) is 1. The van der Waals surface area contributed by atoms with Gasteiger partial charge in [0.1, 0.15) is 23.3 Å². The maximum atomic E-state index is 11.9. The van der Waals surface area contributed by atoms with Crippen LogP contribution < -0.4 is 25.3 Å². The van der Waals surface area contributed by atoms with E-state index in [-0.39, 0.29) is 12.3 Å². The topological polar surface area (TPSA) is 112 Å². The van der Waals surface area contributed by atoms with Gasteiger partial charge in [-0.2, -0.15) is 5.26 Å². The lowest BCUT2D eigenvalue weighted by atomic mass is 10.1. The maximum Gasteiger partial charge on any atom is 0.221 e. The molecule has 5 rings (SSSR count). The summed E-state index contributed by atoms with van der Waals surface area (Å²) in [6, 6.07) is 32.9. The number of ether oxygens (including phenoxy) is 3. The molecule has 1 heterocycles. The lowest BCUT2D eigenvalue weighted by molar-refractivity contribution is -0.117. The van der Waals surface area contributed by atoms with Gasteiger partial charge in [-0.25, -0.2) is 0 Å². The molecule has 1 amide bonds. The maximum absolute atomic E-state index is 11.9. The van der Waals surface area contributed by atoms with Gasteiger partial charge in [-0.15, -0.1) is 0 Å². The number of carbonyl (C=O) groups excluding carboxylic acids is 1. The Labute approximate surface area is 257 Å². The molecule has 0 bridgehead atoms. The highest BCUT2D eigenvalue weighted by Crippen LogP contribution is 2.32. The molecule has 1 unspecified atom stereocenters. The van der Waals surface area contributed by atoms with Crippen LogP contribution >= 0.6 is 0 Å². The van der Waals surface area contributed by atoms with Crippen molar-refractivity contribution in [3.8, 4) is 23.3 Å². The highest BCUT2D eigenvalue weighted by molar-refractivity contribution is 5.91. The number of methoxy groups -OCH3 is 1. The van der Waals surface area contributed by atoms with Crippen molar-refractivity contribution in [1.82, 2.24) is 4.57 Å². The Hall–Kier alpha value is -5.42. The molecule has 0 radical (unpaired) electrons. The van der Waals surface area contributed by atoms with E-state index in [4.69, 9.17) is 19.9 Å². The Kier molecular flexibility index (Phi) is 9.68. The first-order chi connectivity index (χ1) is 21.5. The number of carbonyl (C=O) groups is 1. The summed E-state index contributed by atoms with van der Waals surface area (Å²) >= 11 is 0. The highest BCUT2D eigenvalue weighted by Gasteiger charge is 2.18. The molecule has 5 aromatic rings. The molecule has 1 aromatic heterocycles. The first-order valence-corrected chi connectivity index (χ1v) is 14.6. The van der Waals surface area contributed by atoms with Crippen LogP contribution in [-0.4, -0.2) is 30.8 Å². The number of amides is 1. The van der Waals surface area contributed by atoms with Gasteiger partial charge in [0.25, 0.3) is 0 Å². The van der Waals surface area contributed by atoms with Crippen LogP contribution in [0.25, 0.3) is 10.9 Å². The minimum Gasteiger partial charge on any atom is -0.497 e. The number of nitrogens with one attached hydrogen (secondary N) is 1. The number of nitrogens with zero attached hydrogens (tertiary/aromatic N) is 2. The van der Waals surface area contributed by atoms with E-state index in [2.05, 4.69) is 16.0 Å². The summed E-state index contributed by atoms with van der Waals surface area (Å²) < 4.78 is 20.0. The second-order valence-electron chi connectivity index (χ2n) is 10.4. The third kappa shape index (κ3) is 6.96. The zero-order valence-corrected chi connectivity index (χ0v) is 25.0. The smallest absolute Gasteiger partial charge is 0.221 e. The lowest BCUT2D eigenvalue weighted by Crippen LogP contribution is -2.14. The Morgan fingerprint density at radius 3 is 2.34 bits per heavy atom. The number of anilines is 1. The van der Waals surface area contributed by atoms with Crippen molar-refractivity contribution in [1.29, 1.82) is 5.26 Å². The van der Waals surface area contributed by atoms with Crippen LogP contribution in [-0.2, 0) is 17.8 Å². The number of para-hydroxylation sites is 3. The van der Waals surface area contributed by atoms with Crippen molar-refractivity contribution in [2.24, 2.45) is 5.73 Å². The van der Waals surface area contributed by atoms with Crippen LogP contribution in [0.5, 0.6) is 17.2 Å². The summed E-state index contributed by atoms with van der Waals surface area (Å²) in [7, 11) is 1.63. The van der Waals surface area contributed by atoms with E-state index in [1.165, 1.54) is 0 Å². The second kappa shape index (κ2) is 14.2. The van der Waals surface area contributed by atoms with Gasteiger partial charge < -0.3 is 29.8 Å². The lowest BCUT2D eigenvalue weighted by Gasteiger charge is -2.18. The molecule has 3 N–H and O–H groups in total. The molecule has 0 aliphatic heterocycles. The average molecular weight is 589 g/mol. The average Bonchev–Trinajstić information content (AvgIpc) is 3.29. The van der Waals surface area contributed by atoms with Crippen molar-refractivity contribution < 1.29 is 19.0 Å². The Bertz CT molecular complexity index is 1770. The van der Waals surface area contributed by atoms with Gasteiger partial charge in [-0.3, -0.25) is 4.79 Å². The Morgan fingerprint density at radius 2 is 1.61 bits per heavy atom. The number of rotatable bonds is 14. The van der Waals surface area contributed by atoms with E-state index in [1.54, 1.807) is 7.11 Å². The predicted octanol–water partition coefficient (Wildman–Crippen LogP) is 6.56. The minimum atomic E-state index is -0.547. The summed E-state index contributed by atoms with van der Waals surface area (Å²) in [5, 5.41) is 14.1. The van der Waals surface area contributed by atoms with Gasteiger partial charge in [0, 0.05) is 39.8 Å². The number of hydrogen-bond donors (Lipinski definition) is 2. The molecule has 0 fully saturated rings. The highest BCUT2D eigenvalue weighted by atomic mass is 16.5. The summed E-state index contributed by atoms with van der Waals surface area (Å²) in [6.45, 7) is 3.47. The SMILES string of the molecule is COc1ccc2c(c1)c(CC(N)=O)c(C)n2Cc1ccccc1OCCCOc1ccccc1C(C#N)Nc1ccccc1. The van der Waals surface area contributed by atoms with Gasteiger partial charge in [0.15, 0.2) is 0 Å². The second-order valence-corrected chi connectivity index (χ2v) is 10.4. The largest absolute Gasteiger partial charge is 0.497 e. The van der Waals surface area contributed by atoms with Crippen LogP contribution in [0.1, 0.15) is 34.8 Å². The number of primary amides is 1. The predicted molar refractivity (Wildman–Crippen MR) is 172 cm³/mol. The molecule has 0 saturated heterocycles. The third-order valence-electron chi connectivity index (χ3n) is 7.56. The summed E-state index contributed by atoms with van der Waals surface area (Å²) in [4.78, 5) is 11.9. The van der Waals surface area contributed by atoms with Crippen LogP contribution in [0, 0.1) is 18.3 Å². The van der Waals surface area contributed by atoms with E-state index in [1.807, 2.05) is 104 Å². The molecule has 8 heteroatoms. The third-order valence-corrected chi connectivity index (χ3v) is 7.56. The van der Waals surface area contributed by atoms with Gasteiger partial charge in [0.05, 0.1) is 39.4 Å². The van der Waals surface area contributed by atoms with Crippen LogP contribution in [0.15, 0.2) is 97.1 Å². The molecule has 44 heavy (non-hydrogen) atoms. The fourth-order valence-corrected chi connectivity index (χ4v) is 5.36. The molecular weight excluding hydrogens is 552 g/mol. The molecule has 4 aromatic carbocycles. The van der Waals surface area contributed by atoms with E-state index < -0.39 is 6.04 Å². The van der Waals surface area contributed by atoms with Crippen molar-refractivity contribution in [2.75, 3.05) is 25.6 Å².